The van der Waals surface area contributed by atoms with Gasteiger partial charge in [0.2, 0.25) is 0 Å². The number of likely N-dealkylation sites (tertiary alicyclic amines) is 1. The molecule has 1 saturated heterocycles. The van der Waals surface area contributed by atoms with Crippen molar-refractivity contribution in [2.75, 3.05) is 13.1 Å². The van der Waals surface area contributed by atoms with Crippen LogP contribution in [0.5, 0.6) is 0 Å². The number of carbonyl (C=O) groups excluding carboxylic acids is 2. The SMILES string of the molecule is CCCc1c(C(=O)N2C[C@@H](C)[C@H](C(=O)O)C2)[nH]c(C)c1C(C)=O. The predicted molar refractivity (Wildman–Crippen MR) is 85.7 cm³/mol. The van der Waals surface area contributed by atoms with Gasteiger partial charge in [0.1, 0.15) is 5.69 Å². The molecular weight excluding hydrogens is 296 g/mol. The Kier molecular flexibility index (Phi) is 4.92. The summed E-state index contributed by atoms with van der Waals surface area (Å²) in [5, 5.41) is 9.22. The van der Waals surface area contributed by atoms with E-state index in [9.17, 15) is 19.5 Å². The number of aryl methyl sites for hydroxylation is 1. The Morgan fingerprint density at radius 1 is 1.30 bits per heavy atom. The molecule has 2 heterocycles. The molecule has 0 aromatic carbocycles. The van der Waals surface area contributed by atoms with Crippen molar-refractivity contribution in [1.82, 2.24) is 9.88 Å². The maximum absolute atomic E-state index is 12.8. The first-order chi connectivity index (χ1) is 10.8. The van der Waals surface area contributed by atoms with Gasteiger partial charge in [-0.1, -0.05) is 20.3 Å². The summed E-state index contributed by atoms with van der Waals surface area (Å²) in [6, 6.07) is 0. The number of nitrogens with zero attached hydrogens (tertiary/aromatic N) is 1. The Bertz CT molecular complexity index is 647. The van der Waals surface area contributed by atoms with Crippen molar-refractivity contribution in [3.8, 4) is 0 Å². The third kappa shape index (κ3) is 3.16. The van der Waals surface area contributed by atoms with Crippen molar-refractivity contribution >= 4 is 17.7 Å². The Labute approximate surface area is 135 Å². The molecule has 2 atom stereocenters. The molecule has 1 aromatic rings. The molecule has 23 heavy (non-hydrogen) atoms. The maximum Gasteiger partial charge on any atom is 0.308 e. The van der Waals surface area contributed by atoms with Crippen molar-refractivity contribution in [2.45, 2.75) is 40.5 Å². The zero-order valence-corrected chi connectivity index (χ0v) is 14.1. The number of aromatic amines is 1. The number of ketones is 1. The highest BCUT2D eigenvalue weighted by Crippen LogP contribution is 2.28. The van der Waals surface area contributed by atoms with Crippen LogP contribution in [0.2, 0.25) is 0 Å². The zero-order chi connectivity index (χ0) is 17.3. The highest BCUT2D eigenvalue weighted by Gasteiger charge is 2.38. The van der Waals surface area contributed by atoms with E-state index >= 15 is 0 Å². The van der Waals surface area contributed by atoms with Gasteiger partial charge in [0.25, 0.3) is 5.91 Å². The first-order valence-corrected chi connectivity index (χ1v) is 8.02. The molecule has 6 nitrogen and oxygen atoms in total. The van der Waals surface area contributed by atoms with E-state index in [0.717, 1.165) is 12.0 Å². The number of H-pyrrole nitrogens is 1. The number of Topliss-reactive ketones (excluding diaryl/α,β-unsaturated/α-hetero) is 1. The van der Waals surface area contributed by atoms with Crippen LogP contribution in [-0.4, -0.2) is 45.7 Å². The molecule has 1 fully saturated rings. The van der Waals surface area contributed by atoms with Gasteiger partial charge in [0.15, 0.2) is 5.78 Å². The molecule has 1 amide bonds. The van der Waals surface area contributed by atoms with E-state index in [4.69, 9.17) is 0 Å². The number of aliphatic carboxylic acids is 1. The molecule has 2 N–H and O–H groups in total. The molecule has 1 aromatic heterocycles. The highest BCUT2D eigenvalue weighted by molar-refractivity contribution is 6.02. The Morgan fingerprint density at radius 2 is 1.96 bits per heavy atom. The number of rotatable bonds is 5. The van der Waals surface area contributed by atoms with Crippen LogP contribution < -0.4 is 0 Å². The Hall–Kier alpha value is -2.11. The lowest BCUT2D eigenvalue weighted by molar-refractivity contribution is -0.142. The molecule has 0 unspecified atom stereocenters. The molecule has 0 aliphatic carbocycles. The normalized spacial score (nSPS) is 20.8. The summed E-state index contributed by atoms with van der Waals surface area (Å²) >= 11 is 0. The molecule has 2 rings (SSSR count). The van der Waals surface area contributed by atoms with Crippen LogP contribution in [0.25, 0.3) is 0 Å². The first-order valence-electron chi connectivity index (χ1n) is 8.02. The molecule has 1 aliphatic heterocycles. The zero-order valence-electron chi connectivity index (χ0n) is 14.1. The third-order valence-electron chi connectivity index (χ3n) is 4.57. The summed E-state index contributed by atoms with van der Waals surface area (Å²) < 4.78 is 0. The molecule has 126 valence electrons. The molecule has 0 bridgehead atoms. The van der Waals surface area contributed by atoms with Gasteiger partial charge in [0.05, 0.1) is 5.92 Å². The fraction of sp³-hybridized carbons (Fsp3) is 0.588. The standard InChI is InChI=1S/C17H24N2O4/c1-5-6-12-14(11(4)20)10(3)18-15(12)16(21)19-7-9(2)13(8-19)17(22)23/h9,13,18H,5-8H2,1-4H3,(H,22,23)/t9-,13-/m1/s1. The van der Waals surface area contributed by atoms with Crippen LogP contribution in [-0.2, 0) is 11.2 Å². The lowest BCUT2D eigenvalue weighted by Gasteiger charge is -2.16. The van der Waals surface area contributed by atoms with Gasteiger partial charge < -0.3 is 15.0 Å². The van der Waals surface area contributed by atoms with Crippen LogP contribution in [0, 0.1) is 18.8 Å². The number of nitrogens with one attached hydrogen (secondary N) is 1. The minimum atomic E-state index is -0.867. The summed E-state index contributed by atoms with van der Waals surface area (Å²) in [5.74, 6) is -1.74. The van der Waals surface area contributed by atoms with Gasteiger partial charge >= 0.3 is 5.97 Å². The Balaban J connectivity index is 2.35. The average molecular weight is 320 g/mol. The van der Waals surface area contributed by atoms with Gasteiger partial charge in [-0.25, -0.2) is 0 Å². The topological polar surface area (TPSA) is 90.5 Å². The highest BCUT2D eigenvalue weighted by atomic mass is 16.4. The quantitative estimate of drug-likeness (QED) is 0.814. The fourth-order valence-electron chi connectivity index (χ4n) is 3.45. The molecule has 0 saturated carbocycles. The summed E-state index contributed by atoms with van der Waals surface area (Å²) in [6.45, 7) is 7.78. The van der Waals surface area contributed by atoms with Gasteiger partial charge in [-0.3, -0.25) is 14.4 Å². The second-order valence-corrected chi connectivity index (χ2v) is 6.42. The minimum absolute atomic E-state index is 0.0561. The summed E-state index contributed by atoms with van der Waals surface area (Å²) in [6.07, 6.45) is 1.47. The van der Waals surface area contributed by atoms with Gasteiger partial charge in [-0.2, -0.15) is 0 Å². The van der Waals surface area contributed by atoms with Crippen molar-refractivity contribution in [2.24, 2.45) is 11.8 Å². The van der Waals surface area contributed by atoms with Crippen molar-refractivity contribution in [3.05, 3.63) is 22.5 Å². The molecule has 0 spiro atoms. The summed E-state index contributed by atoms with van der Waals surface area (Å²) in [7, 11) is 0. The van der Waals surface area contributed by atoms with E-state index in [1.54, 1.807) is 11.8 Å². The van der Waals surface area contributed by atoms with Crippen LogP contribution in [0.1, 0.15) is 59.3 Å². The first kappa shape index (κ1) is 17.2. The molecular formula is C17H24N2O4. The number of aromatic nitrogens is 1. The summed E-state index contributed by atoms with van der Waals surface area (Å²) in [5.41, 5.74) is 2.49. The van der Waals surface area contributed by atoms with Crippen molar-refractivity contribution in [3.63, 3.8) is 0 Å². The second kappa shape index (κ2) is 6.56. The summed E-state index contributed by atoms with van der Waals surface area (Å²) in [4.78, 5) is 40.6. The second-order valence-electron chi connectivity index (χ2n) is 6.42. The smallest absolute Gasteiger partial charge is 0.308 e. The number of carboxylic acid groups (broad SMARTS) is 1. The fourth-order valence-corrected chi connectivity index (χ4v) is 3.45. The average Bonchev–Trinajstić information content (AvgIpc) is 2.99. The van der Waals surface area contributed by atoms with Gasteiger partial charge in [0, 0.05) is 24.3 Å². The number of hydrogen-bond acceptors (Lipinski definition) is 3. The Morgan fingerprint density at radius 3 is 2.43 bits per heavy atom. The third-order valence-corrected chi connectivity index (χ3v) is 4.57. The van der Waals surface area contributed by atoms with Gasteiger partial charge in [-0.05, 0) is 31.7 Å². The van der Waals surface area contributed by atoms with Crippen LogP contribution >= 0.6 is 0 Å². The molecule has 6 heteroatoms. The lowest BCUT2D eigenvalue weighted by Crippen LogP contribution is -2.31. The molecule has 0 radical (unpaired) electrons. The van der Waals surface area contributed by atoms with Crippen molar-refractivity contribution in [1.29, 1.82) is 0 Å². The van der Waals surface area contributed by atoms with E-state index in [1.807, 2.05) is 13.8 Å². The van der Waals surface area contributed by atoms with E-state index < -0.39 is 11.9 Å². The van der Waals surface area contributed by atoms with Gasteiger partial charge in [-0.15, -0.1) is 0 Å². The van der Waals surface area contributed by atoms with E-state index in [-0.39, 0.29) is 24.2 Å². The van der Waals surface area contributed by atoms with Crippen molar-refractivity contribution < 1.29 is 19.5 Å². The maximum atomic E-state index is 12.8. The molecule has 1 aliphatic rings. The van der Waals surface area contributed by atoms with Crippen LogP contribution in [0.15, 0.2) is 0 Å². The number of hydrogen-bond donors (Lipinski definition) is 2. The van der Waals surface area contributed by atoms with E-state index in [2.05, 4.69) is 4.98 Å². The predicted octanol–water partition coefficient (Wildman–Crippen LogP) is 2.27. The number of amides is 1. The van der Waals surface area contributed by atoms with Crippen LogP contribution in [0.4, 0.5) is 0 Å². The minimum Gasteiger partial charge on any atom is -0.481 e. The van der Waals surface area contributed by atoms with Crippen LogP contribution in [0.3, 0.4) is 0 Å². The van der Waals surface area contributed by atoms with E-state index in [1.165, 1.54) is 6.92 Å². The van der Waals surface area contributed by atoms with E-state index in [0.29, 0.717) is 29.9 Å². The lowest BCUT2D eigenvalue weighted by atomic mass is 9.99. The number of carboxylic acids is 1. The monoisotopic (exact) mass is 320 g/mol. The largest absolute Gasteiger partial charge is 0.481 e. The number of carbonyl (C=O) groups is 3.